The first-order valence-corrected chi connectivity index (χ1v) is 10.0. The van der Waals surface area contributed by atoms with Crippen molar-refractivity contribution in [2.24, 2.45) is 11.8 Å². The van der Waals surface area contributed by atoms with Gasteiger partial charge >= 0.3 is 6.09 Å². The van der Waals surface area contributed by atoms with Crippen LogP contribution in [0.25, 0.3) is 0 Å². The third-order valence-electron chi connectivity index (χ3n) is 5.40. The number of carbonyl (C=O) groups excluding carboxylic acids is 2. The number of likely N-dealkylation sites (tertiary alicyclic amines) is 1. The van der Waals surface area contributed by atoms with Crippen LogP contribution in [0, 0.1) is 11.8 Å². The minimum atomic E-state index is -0.633. The van der Waals surface area contributed by atoms with Crippen LogP contribution in [0.2, 0.25) is 0 Å². The highest BCUT2D eigenvalue weighted by molar-refractivity contribution is 5.86. The normalized spacial score (nSPS) is 22.4. The summed E-state index contributed by atoms with van der Waals surface area (Å²) in [5, 5.41) is 2.76. The fraction of sp³-hybridized carbons (Fsp3) is 0.667. The molecular weight excluding hydrogens is 358 g/mol. The van der Waals surface area contributed by atoms with E-state index in [-0.39, 0.29) is 29.2 Å². The third kappa shape index (κ3) is 4.39. The highest BCUT2D eigenvalue weighted by Crippen LogP contribution is 2.35. The molecule has 1 N–H and O–H groups in total. The first-order chi connectivity index (χ1) is 13.0. The van der Waals surface area contributed by atoms with E-state index in [4.69, 9.17) is 4.74 Å². The Kier molecular flexibility index (Phi) is 5.55. The molecule has 154 valence electrons. The number of piperidine rings is 1. The van der Waals surface area contributed by atoms with Crippen LogP contribution in [-0.2, 0) is 16.1 Å². The lowest BCUT2D eigenvalue weighted by molar-refractivity contribution is -0.137. The smallest absolute Gasteiger partial charge is 0.408 e. The fourth-order valence-electron chi connectivity index (χ4n) is 4.22. The van der Waals surface area contributed by atoms with Gasteiger partial charge in [-0.2, -0.15) is 0 Å². The van der Waals surface area contributed by atoms with Crippen molar-refractivity contribution >= 4 is 12.0 Å². The molecule has 0 unspecified atom stereocenters. The Labute approximate surface area is 166 Å². The first kappa shape index (κ1) is 20.4. The molecule has 28 heavy (non-hydrogen) atoms. The van der Waals surface area contributed by atoms with E-state index in [0.717, 1.165) is 12.1 Å². The van der Waals surface area contributed by atoms with Gasteiger partial charge < -0.3 is 19.5 Å². The second kappa shape index (κ2) is 7.60. The van der Waals surface area contributed by atoms with E-state index in [0.29, 0.717) is 19.6 Å². The van der Waals surface area contributed by atoms with Crippen molar-refractivity contribution in [1.29, 1.82) is 0 Å². The molecule has 2 aliphatic heterocycles. The summed E-state index contributed by atoms with van der Waals surface area (Å²) in [6.07, 6.45) is 0.410. The Balaban J connectivity index is 1.75. The van der Waals surface area contributed by atoms with E-state index in [1.165, 1.54) is 0 Å². The maximum absolute atomic E-state index is 13.2. The fourth-order valence-corrected chi connectivity index (χ4v) is 4.22. The third-order valence-corrected chi connectivity index (χ3v) is 5.40. The molecule has 0 saturated carbocycles. The van der Waals surface area contributed by atoms with Gasteiger partial charge in [0, 0.05) is 37.3 Å². The number of nitrogens with zero attached hydrogens (tertiary/aromatic N) is 2. The molecule has 3 atom stereocenters. The molecule has 1 aromatic rings. The van der Waals surface area contributed by atoms with Gasteiger partial charge in [0.2, 0.25) is 5.91 Å². The molecule has 2 bridgehead atoms. The maximum atomic E-state index is 13.2. The quantitative estimate of drug-likeness (QED) is 0.860. The average Bonchev–Trinajstić information content (AvgIpc) is 2.58. The number of aromatic nitrogens is 1. The number of alkyl carbamates (subject to hydrolysis) is 1. The summed E-state index contributed by atoms with van der Waals surface area (Å²) < 4.78 is 7.18. The van der Waals surface area contributed by atoms with Crippen molar-refractivity contribution in [3.05, 3.63) is 34.2 Å². The van der Waals surface area contributed by atoms with Crippen LogP contribution in [0.3, 0.4) is 0 Å². The number of ether oxygens (including phenoxy) is 1. The summed E-state index contributed by atoms with van der Waals surface area (Å²) in [6.45, 7) is 11.0. The molecule has 0 aromatic carbocycles. The summed E-state index contributed by atoms with van der Waals surface area (Å²) in [6, 6.07) is 4.73. The molecule has 3 heterocycles. The minimum Gasteiger partial charge on any atom is -0.444 e. The number of rotatable bonds is 3. The molecule has 0 radical (unpaired) electrons. The summed E-state index contributed by atoms with van der Waals surface area (Å²) in [4.78, 5) is 39.5. The van der Waals surface area contributed by atoms with Gasteiger partial charge in [-0.05, 0) is 45.1 Å². The molecule has 0 spiro atoms. The Morgan fingerprint density at radius 2 is 1.89 bits per heavy atom. The SMILES string of the molecule is CC(C)[C@H](NC(=O)OC(C)(C)C)C(=O)N1C[C@@H]2C[C@@H](C1)c1cccc(=O)n1C2. The molecule has 1 saturated heterocycles. The van der Waals surface area contributed by atoms with E-state index in [9.17, 15) is 14.4 Å². The van der Waals surface area contributed by atoms with Gasteiger partial charge in [-0.15, -0.1) is 0 Å². The Bertz CT molecular complexity index is 809. The lowest BCUT2D eigenvalue weighted by Crippen LogP contribution is -2.56. The molecule has 1 fully saturated rings. The molecule has 3 rings (SSSR count). The average molecular weight is 389 g/mol. The number of fused-ring (bicyclic) bond motifs is 4. The van der Waals surface area contributed by atoms with E-state index < -0.39 is 17.7 Å². The van der Waals surface area contributed by atoms with Crippen LogP contribution >= 0.6 is 0 Å². The summed E-state index contributed by atoms with van der Waals surface area (Å²) in [7, 11) is 0. The highest BCUT2D eigenvalue weighted by atomic mass is 16.6. The topological polar surface area (TPSA) is 80.6 Å². The Morgan fingerprint density at radius 1 is 1.18 bits per heavy atom. The van der Waals surface area contributed by atoms with E-state index in [2.05, 4.69) is 5.32 Å². The van der Waals surface area contributed by atoms with Gasteiger partial charge in [0.1, 0.15) is 11.6 Å². The monoisotopic (exact) mass is 389 g/mol. The standard InChI is InChI=1S/C21H31N3O4/c1-13(2)18(22-20(27)28-21(3,4)5)19(26)23-10-14-9-15(12-23)16-7-6-8-17(25)24(16)11-14/h6-8,13-15,18H,9-12H2,1-5H3,(H,22,27)/t14-,15-,18-/m0/s1. The number of hydrogen-bond acceptors (Lipinski definition) is 4. The summed E-state index contributed by atoms with van der Waals surface area (Å²) >= 11 is 0. The van der Waals surface area contributed by atoms with Crippen molar-refractivity contribution in [2.75, 3.05) is 13.1 Å². The van der Waals surface area contributed by atoms with Crippen molar-refractivity contribution in [2.45, 2.75) is 65.1 Å². The van der Waals surface area contributed by atoms with E-state index in [1.807, 2.05) is 29.4 Å². The zero-order valence-corrected chi connectivity index (χ0v) is 17.4. The maximum Gasteiger partial charge on any atom is 0.408 e. The lowest BCUT2D eigenvalue weighted by atomic mass is 9.82. The number of hydrogen-bond donors (Lipinski definition) is 1. The largest absolute Gasteiger partial charge is 0.444 e. The number of pyridine rings is 1. The highest BCUT2D eigenvalue weighted by Gasteiger charge is 2.39. The minimum absolute atomic E-state index is 0.0265. The molecule has 7 heteroatoms. The van der Waals surface area contributed by atoms with Gasteiger partial charge in [-0.3, -0.25) is 9.59 Å². The van der Waals surface area contributed by atoms with Crippen LogP contribution in [0.1, 0.15) is 52.7 Å². The summed E-state index contributed by atoms with van der Waals surface area (Å²) in [5.74, 6) is 0.267. The number of carbonyl (C=O) groups is 2. The van der Waals surface area contributed by atoms with Crippen LogP contribution in [0.4, 0.5) is 4.79 Å². The molecule has 2 aliphatic rings. The van der Waals surface area contributed by atoms with Crippen LogP contribution in [0.5, 0.6) is 0 Å². The summed E-state index contributed by atoms with van der Waals surface area (Å²) in [5.41, 5.74) is 0.411. The second-order valence-corrected chi connectivity index (χ2v) is 9.31. The molecule has 7 nitrogen and oxygen atoms in total. The molecule has 2 amide bonds. The first-order valence-electron chi connectivity index (χ1n) is 10.0. The lowest BCUT2D eigenvalue weighted by Gasteiger charge is -2.44. The van der Waals surface area contributed by atoms with Crippen molar-refractivity contribution in [3.8, 4) is 0 Å². The molecule has 0 aliphatic carbocycles. The predicted octanol–water partition coefficient (Wildman–Crippen LogP) is 2.34. The van der Waals surface area contributed by atoms with Crippen LogP contribution in [-0.4, -0.2) is 46.2 Å². The number of nitrogens with one attached hydrogen (secondary N) is 1. The number of amides is 2. The van der Waals surface area contributed by atoms with E-state index >= 15 is 0 Å². The van der Waals surface area contributed by atoms with Gasteiger partial charge in [-0.1, -0.05) is 19.9 Å². The van der Waals surface area contributed by atoms with Crippen LogP contribution in [0.15, 0.2) is 23.0 Å². The van der Waals surface area contributed by atoms with Gasteiger partial charge in [0.15, 0.2) is 0 Å². The second-order valence-electron chi connectivity index (χ2n) is 9.31. The van der Waals surface area contributed by atoms with Gasteiger partial charge in [-0.25, -0.2) is 4.79 Å². The van der Waals surface area contributed by atoms with Gasteiger partial charge in [0.05, 0.1) is 0 Å². The zero-order chi connectivity index (χ0) is 20.6. The molecule has 1 aromatic heterocycles. The van der Waals surface area contributed by atoms with E-state index in [1.54, 1.807) is 32.9 Å². The van der Waals surface area contributed by atoms with Crippen molar-refractivity contribution in [3.63, 3.8) is 0 Å². The van der Waals surface area contributed by atoms with Crippen molar-refractivity contribution < 1.29 is 14.3 Å². The Hall–Kier alpha value is -2.31. The predicted molar refractivity (Wildman–Crippen MR) is 106 cm³/mol. The Morgan fingerprint density at radius 3 is 2.54 bits per heavy atom. The zero-order valence-electron chi connectivity index (χ0n) is 17.4. The van der Waals surface area contributed by atoms with Crippen LogP contribution < -0.4 is 10.9 Å². The van der Waals surface area contributed by atoms with Gasteiger partial charge in [0.25, 0.3) is 5.56 Å². The molecular formula is C21H31N3O4. The van der Waals surface area contributed by atoms with Crippen molar-refractivity contribution in [1.82, 2.24) is 14.8 Å².